The molecule has 3 aliphatic heterocycles. The highest BCUT2D eigenvalue weighted by Gasteiger charge is 2.44. The van der Waals surface area contributed by atoms with Gasteiger partial charge in [-0.15, -0.1) is 0 Å². The van der Waals surface area contributed by atoms with Gasteiger partial charge >= 0.3 is 0 Å². The van der Waals surface area contributed by atoms with Crippen LogP contribution in [-0.4, -0.2) is 60.2 Å². The van der Waals surface area contributed by atoms with E-state index < -0.39 is 0 Å². The van der Waals surface area contributed by atoms with Crippen molar-refractivity contribution in [3.8, 4) is 22.8 Å². The number of H-pyrrole nitrogens is 1. The van der Waals surface area contributed by atoms with Crippen molar-refractivity contribution in [2.24, 2.45) is 0 Å². The average Bonchev–Trinajstić information content (AvgIpc) is 3.59. The lowest BCUT2D eigenvalue weighted by Gasteiger charge is -2.56. The largest absolute Gasteiger partial charge is 0.460 e. The van der Waals surface area contributed by atoms with E-state index in [1.165, 1.54) is 12.0 Å². The van der Waals surface area contributed by atoms with Crippen molar-refractivity contribution < 1.29 is 4.42 Å². The molecule has 0 radical (unpaired) electrons. The topological polar surface area (TPSA) is 99.9 Å². The molecule has 3 saturated heterocycles. The van der Waals surface area contributed by atoms with Crippen LogP contribution in [0.4, 0.5) is 5.82 Å². The number of aromatic amines is 1. The third-order valence-corrected chi connectivity index (χ3v) is 7.89. The second-order valence-corrected chi connectivity index (χ2v) is 11.0. The first-order chi connectivity index (χ1) is 19.5. The molecule has 0 spiro atoms. The van der Waals surface area contributed by atoms with Crippen molar-refractivity contribution in [1.29, 1.82) is 0 Å². The summed E-state index contributed by atoms with van der Waals surface area (Å²) in [7, 11) is 0. The van der Waals surface area contributed by atoms with E-state index in [0.717, 1.165) is 71.0 Å². The minimum atomic E-state index is 0.529. The van der Waals surface area contributed by atoms with Crippen LogP contribution in [0.2, 0.25) is 0 Å². The maximum atomic E-state index is 5.71. The molecule has 2 atom stereocenters. The van der Waals surface area contributed by atoms with E-state index >= 15 is 0 Å². The van der Waals surface area contributed by atoms with Gasteiger partial charge < -0.3 is 9.32 Å². The Morgan fingerprint density at radius 2 is 1.77 bits per heavy atom. The van der Waals surface area contributed by atoms with E-state index in [1.54, 1.807) is 0 Å². The third kappa shape index (κ3) is 4.88. The van der Waals surface area contributed by atoms with Gasteiger partial charge in [-0.3, -0.25) is 15.0 Å². The van der Waals surface area contributed by atoms with E-state index in [2.05, 4.69) is 54.2 Å². The molecular weight excluding hydrogens is 500 g/mol. The monoisotopic (exact) mass is 532 g/mol. The summed E-state index contributed by atoms with van der Waals surface area (Å²) in [5, 5.41) is 7.35. The van der Waals surface area contributed by atoms with E-state index in [9.17, 15) is 0 Å². The van der Waals surface area contributed by atoms with Crippen molar-refractivity contribution in [3.63, 3.8) is 0 Å². The minimum absolute atomic E-state index is 0.529. The second-order valence-electron chi connectivity index (χ2n) is 11.0. The Kier molecular flexibility index (Phi) is 6.15. The maximum absolute atomic E-state index is 5.71. The summed E-state index contributed by atoms with van der Waals surface area (Å²) in [6.45, 7) is 8.84. The van der Waals surface area contributed by atoms with Gasteiger partial charge in [-0.05, 0) is 75.2 Å². The van der Waals surface area contributed by atoms with Gasteiger partial charge in [0, 0.05) is 67.5 Å². The molecule has 202 valence electrons. The number of furan rings is 1. The van der Waals surface area contributed by atoms with Gasteiger partial charge in [0.05, 0.1) is 11.4 Å². The van der Waals surface area contributed by atoms with Gasteiger partial charge in [-0.25, -0.2) is 15.0 Å². The first-order valence-electron chi connectivity index (χ1n) is 13.8. The van der Waals surface area contributed by atoms with Crippen molar-refractivity contribution >= 4 is 5.82 Å². The van der Waals surface area contributed by atoms with Gasteiger partial charge in [0.15, 0.2) is 11.6 Å². The molecule has 8 heterocycles. The molecule has 40 heavy (non-hydrogen) atoms. The molecule has 5 aromatic rings. The first-order valence-corrected chi connectivity index (χ1v) is 13.8. The summed E-state index contributed by atoms with van der Waals surface area (Å²) >= 11 is 0. The maximum Gasteiger partial charge on any atom is 0.161 e. The van der Waals surface area contributed by atoms with Crippen LogP contribution in [0.25, 0.3) is 22.8 Å². The Bertz CT molecular complexity index is 1630. The Labute approximate surface area is 233 Å². The number of fused-ring (bicyclic) bond motifs is 2. The molecule has 0 aromatic carbocycles. The number of hydrogen-bond donors (Lipinski definition) is 1. The second kappa shape index (κ2) is 9.98. The van der Waals surface area contributed by atoms with Crippen molar-refractivity contribution in [2.75, 3.05) is 18.0 Å². The number of nitrogens with one attached hydrogen (secondary N) is 1. The molecular formula is C31H32N8O. The molecule has 9 heteroatoms. The lowest BCUT2D eigenvalue weighted by Crippen LogP contribution is -2.68. The third-order valence-electron chi connectivity index (χ3n) is 7.89. The fourth-order valence-electron chi connectivity index (χ4n) is 5.89. The van der Waals surface area contributed by atoms with Crippen molar-refractivity contribution in [2.45, 2.75) is 52.2 Å². The molecule has 5 aromatic heterocycles. The Morgan fingerprint density at radius 1 is 0.900 bits per heavy atom. The Hall–Kier alpha value is -4.37. The van der Waals surface area contributed by atoms with Crippen LogP contribution in [0.1, 0.15) is 40.5 Å². The highest BCUT2D eigenvalue weighted by Crippen LogP contribution is 2.35. The zero-order chi connectivity index (χ0) is 27.2. The Balaban J connectivity index is 0.991. The van der Waals surface area contributed by atoms with Gasteiger partial charge in [-0.1, -0.05) is 6.07 Å². The van der Waals surface area contributed by atoms with Gasteiger partial charge in [0.1, 0.15) is 17.3 Å². The fraction of sp³-hybridized carbons (Fsp3) is 0.323. The number of piperazine rings is 1. The summed E-state index contributed by atoms with van der Waals surface area (Å²) < 4.78 is 5.71. The Morgan fingerprint density at radius 3 is 2.45 bits per heavy atom. The number of anilines is 1. The summed E-state index contributed by atoms with van der Waals surface area (Å²) in [5.41, 5.74) is 6.95. The zero-order valence-electron chi connectivity index (χ0n) is 23.0. The summed E-state index contributed by atoms with van der Waals surface area (Å²) in [6.07, 6.45) is 5.79. The normalized spacial score (nSPS) is 18.6. The smallest absolute Gasteiger partial charge is 0.161 e. The molecule has 8 rings (SSSR count). The van der Waals surface area contributed by atoms with Crippen LogP contribution < -0.4 is 4.90 Å². The van der Waals surface area contributed by atoms with E-state index in [4.69, 9.17) is 14.4 Å². The van der Waals surface area contributed by atoms with Crippen LogP contribution in [0.3, 0.4) is 0 Å². The van der Waals surface area contributed by atoms with E-state index in [1.807, 2.05) is 57.4 Å². The SMILES string of the molecule is Cc1cc(Cc2cc(C)[nH]n2)nc(-c2ccc(N3CC4CC(C3)N4Cc3ccc(-c4ccc(C)o4)nc3)nc2)n1. The number of hydrogen-bond acceptors (Lipinski definition) is 8. The number of pyridine rings is 2. The number of aromatic nitrogens is 6. The van der Waals surface area contributed by atoms with Crippen LogP contribution in [0.15, 0.2) is 65.3 Å². The summed E-state index contributed by atoms with van der Waals surface area (Å²) in [4.78, 5) is 23.9. The number of aryl methyl sites for hydroxylation is 3. The van der Waals surface area contributed by atoms with Crippen LogP contribution in [0, 0.1) is 20.8 Å². The molecule has 1 N–H and O–H groups in total. The number of piperidine rings is 1. The van der Waals surface area contributed by atoms with E-state index in [-0.39, 0.29) is 0 Å². The fourth-order valence-corrected chi connectivity index (χ4v) is 5.89. The number of nitrogens with zero attached hydrogens (tertiary/aromatic N) is 7. The van der Waals surface area contributed by atoms with Crippen molar-refractivity contribution in [1.82, 2.24) is 35.0 Å². The first kappa shape index (κ1) is 24.7. The predicted molar refractivity (Wildman–Crippen MR) is 153 cm³/mol. The van der Waals surface area contributed by atoms with Gasteiger partial charge in [-0.2, -0.15) is 5.10 Å². The van der Waals surface area contributed by atoms with Crippen molar-refractivity contribution in [3.05, 3.63) is 95.0 Å². The molecule has 2 bridgehead atoms. The lowest BCUT2D eigenvalue weighted by molar-refractivity contribution is -0.00875. The minimum Gasteiger partial charge on any atom is -0.460 e. The van der Waals surface area contributed by atoms with Gasteiger partial charge in [0.25, 0.3) is 0 Å². The molecule has 0 saturated carbocycles. The number of rotatable bonds is 7. The van der Waals surface area contributed by atoms with Crippen LogP contribution in [0.5, 0.6) is 0 Å². The summed E-state index contributed by atoms with van der Waals surface area (Å²) in [6, 6.07) is 17.5. The molecule has 3 fully saturated rings. The van der Waals surface area contributed by atoms with Crippen LogP contribution >= 0.6 is 0 Å². The van der Waals surface area contributed by atoms with E-state index in [0.29, 0.717) is 24.3 Å². The zero-order valence-corrected chi connectivity index (χ0v) is 23.0. The lowest BCUT2D eigenvalue weighted by atomic mass is 9.87. The predicted octanol–water partition coefficient (Wildman–Crippen LogP) is 4.90. The molecule has 2 unspecified atom stereocenters. The highest BCUT2D eigenvalue weighted by molar-refractivity contribution is 5.57. The average molecular weight is 533 g/mol. The van der Waals surface area contributed by atoms with Crippen LogP contribution in [-0.2, 0) is 13.0 Å². The molecule has 9 nitrogen and oxygen atoms in total. The highest BCUT2D eigenvalue weighted by atomic mass is 16.3. The summed E-state index contributed by atoms with van der Waals surface area (Å²) in [5.74, 6) is 3.43. The standard InChI is InChI=1S/C31H32N8O/c1-19-10-24(12-25-11-20(2)36-37-25)35-31(34-19)23-6-9-30(33-15-23)38-17-26-13-27(18-38)39(26)16-22-5-7-28(32-14-22)29-8-4-21(3)40-29/h4-11,14-15,26-27H,12-13,16-18H2,1-3H3,(H,36,37). The quantitative estimate of drug-likeness (QED) is 0.316. The molecule has 0 amide bonds. The molecule has 0 aliphatic carbocycles. The van der Waals surface area contributed by atoms with Gasteiger partial charge in [0.2, 0.25) is 0 Å². The molecule has 3 aliphatic rings.